The number of hydrogen-bond donors (Lipinski definition) is 1. The van der Waals surface area contributed by atoms with E-state index in [2.05, 4.69) is 22.2 Å². The van der Waals surface area contributed by atoms with Crippen LogP contribution in [0.3, 0.4) is 0 Å². The number of hydrogen-bond acceptors (Lipinski definition) is 6. The summed E-state index contributed by atoms with van der Waals surface area (Å²) in [7, 11) is 1.93. The third-order valence-electron chi connectivity index (χ3n) is 5.78. The Bertz CT molecular complexity index is 1070. The van der Waals surface area contributed by atoms with Crippen LogP contribution >= 0.6 is 23.3 Å². The van der Waals surface area contributed by atoms with E-state index in [1.54, 1.807) is 6.20 Å². The Balaban J connectivity index is 1.46. The van der Waals surface area contributed by atoms with Crippen molar-refractivity contribution in [2.75, 3.05) is 22.9 Å². The Kier molecular flexibility index (Phi) is 4.41. The molecule has 3 heterocycles. The number of aromatic nitrogens is 3. The normalized spacial score (nSPS) is 18.0. The highest BCUT2D eigenvalue weighted by atomic mass is 32.2. The van der Waals surface area contributed by atoms with Crippen LogP contribution in [0.15, 0.2) is 40.7 Å². The quantitative estimate of drug-likeness (QED) is 0.637. The van der Waals surface area contributed by atoms with Gasteiger partial charge in [0.1, 0.15) is 0 Å². The van der Waals surface area contributed by atoms with Crippen LogP contribution in [0.4, 0.5) is 15.6 Å². The van der Waals surface area contributed by atoms with Crippen molar-refractivity contribution >= 4 is 40.1 Å². The second-order valence-electron chi connectivity index (χ2n) is 7.83. The maximum absolute atomic E-state index is 13.4. The van der Waals surface area contributed by atoms with Gasteiger partial charge in [0.2, 0.25) is 0 Å². The first-order chi connectivity index (χ1) is 14.0. The van der Waals surface area contributed by atoms with Gasteiger partial charge < -0.3 is 0 Å². The highest BCUT2D eigenvalue weighted by molar-refractivity contribution is 7.99. The molecule has 150 valence electrons. The summed E-state index contributed by atoms with van der Waals surface area (Å²) in [5, 5.41) is 10.7. The largest absolute Gasteiger partial charge is 0.330 e. The summed E-state index contributed by atoms with van der Waals surface area (Å²) in [5.41, 5.74) is 4.10. The Hall–Kier alpha value is -2.36. The van der Waals surface area contributed by atoms with E-state index in [-0.39, 0.29) is 11.4 Å². The maximum Gasteiger partial charge on any atom is 0.330 e. The van der Waals surface area contributed by atoms with Crippen LogP contribution < -0.4 is 14.9 Å². The molecule has 1 saturated heterocycles. The van der Waals surface area contributed by atoms with Gasteiger partial charge in [-0.2, -0.15) is 5.10 Å². The van der Waals surface area contributed by atoms with E-state index in [4.69, 9.17) is 5.14 Å². The highest BCUT2D eigenvalue weighted by Crippen LogP contribution is 2.51. The SMILES string of the molecule is Cc1nc(N2CC3(CC3)CN(c3ccc(-c4ccnn4C)cc3)C2=O)sc1SN. The molecule has 29 heavy (non-hydrogen) atoms. The third-order valence-corrected chi connectivity index (χ3v) is 7.81. The van der Waals surface area contributed by atoms with Crippen LogP contribution in [-0.2, 0) is 7.05 Å². The van der Waals surface area contributed by atoms with E-state index in [1.807, 2.05) is 46.7 Å². The monoisotopic (exact) mass is 426 g/mol. The molecule has 0 radical (unpaired) electrons. The molecule has 0 bridgehead atoms. The number of thiazole rings is 1. The molecule has 1 aliphatic carbocycles. The Morgan fingerprint density at radius 3 is 2.45 bits per heavy atom. The second-order valence-corrected chi connectivity index (χ2v) is 9.71. The number of urea groups is 1. The fourth-order valence-electron chi connectivity index (χ4n) is 3.91. The summed E-state index contributed by atoms with van der Waals surface area (Å²) < 4.78 is 2.80. The average molecular weight is 427 g/mol. The molecule has 3 aromatic rings. The topological polar surface area (TPSA) is 80.3 Å². The van der Waals surface area contributed by atoms with E-state index in [9.17, 15) is 4.79 Å². The minimum Gasteiger partial charge on any atom is -0.293 e. The predicted molar refractivity (Wildman–Crippen MR) is 117 cm³/mol. The van der Waals surface area contributed by atoms with Gasteiger partial charge in [-0.05, 0) is 55.5 Å². The molecule has 1 spiro atoms. The summed E-state index contributed by atoms with van der Waals surface area (Å²) in [6.07, 6.45) is 4.07. The molecule has 1 aliphatic heterocycles. The van der Waals surface area contributed by atoms with Gasteiger partial charge >= 0.3 is 6.03 Å². The van der Waals surface area contributed by atoms with Gasteiger partial charge in [-0.15, -0.1) is 0 Å². The minimum atomic E-state index is -0.0156. The number of aryl methyl sites for hydroxylation is 2. The summed E-state index contributed by atoms with van der Waals surface area (Å²) in [6.45, 7) is 3.43. The predicted octanol–water partition coefficient (Wildman–Crippen LogP) is 4.04. The summed E-state index contributed by atoms with van der Waals surface area (Å²) >= 11 is 2.69. The van der Waals surface area contributed by atoms with Crippen molar-refractivity contribution < 1.29 is 4.79 Å². The third kappa shape index (κ3) is 3.23. The standard InChI is InChI=1S/C20H22N6OS2/c1-13-17(29-21)28-18(23-13)26-12-20(8-9-20)11-25(19(26)27)15-5-3-14(4-6-15)16-7-10-22-24(16)2/h3-7,10H,8-9,11-12,21H2,1-2H3. The molecule has 5 rings (SSSR count). The van der Waals surface area contributed by atoms with Crippen molar-refractivity contribution in [3.63, 3.8) is 0 Å². The van der Waals surface area contributed by atoms with E-state index in [0.717, 1.165) is 57.9 Å². The number of rotatable bonds is 4. The minimum absolute atomic E-state index is 0.0156. The van der Waals surface area contributed by atoms with E-state index in [1.165, 1.54) is 23.3 Å². The van der Waals surface area contributed by atoms with Gasteiger partial charge in [0.15, 0.2) is 5.13 Å². The number of nitrogens with zero attached hydrogens (tertiary/aromatic N) is 5. The Morgan fingerprint density at radius 1 is 1.14 bits per heavy atom. The maximum atomic E-state index is 13.4. The molecule has 0 unspecified atom stereocenters. The molecule has 2 fully saturated rings. The van der Waals surface area contributed by atoms with Gasteiger partial charge in [0.05, 0.1) is 15.6 Å². The number of anilines is 2. The van der Waals surface area contributed by atoms with Crippen LogP contribution in [0.5, 0.6) is 0 Å². The number of benzene rings is 1. The van der Waals surface area contributed by atoms with Crippen LogP contribution in [0.1, 0.15) is 18.5 Å². The summed E-state index contributed by atoms with van der Waals surface area (Å²) in [5.74, 6) is 0. The summed E-state index contributed by atoms with van der Waals surface area (Å²) in [6, 6.07) is 10.1. The first-order valence-electron chi connectivity index (χ1n) is 9.51. The van der Waals surface area contributed by atoms with Crippen molar-refractivity contribution in [3.05, 3.63) is 42.2 Å². The van der Waals surface area contributed by atoms with Crippen molar-refractivity contribution in [2.24, 2.45) is 17.6 Å². The highest BCUT2D eigenvalue weighted by Gasteiger charge is 2.52. The van der Waals surface area contributed by atoms with Gasteiger partial charge in [-0.25, -0.2) is 9.78 Å². The van der Waals surface area contributed by atoms with E-state index < -0.39 is 0 Å². The Morgan fingerprint density at radius 2 is 1.86 bits per heavy atom. The van der Waals surface area contributed by atoms with E-state index >= 15 is 0 Å². The molecule has 1 aromatic carbocycles. The average Bonchev–Trinajstić information content (AvgIpc) is 3.14. The molecular formula is C20H22N6OS2. The fraction of sp³-hybridized carbons (Fsp3) is 0.350. The number of carbonyl (C=O) groups is 1. The number of nitrogens with two attached hydrogens (primary N) is 1. The lowest BCUT2D eigenvalue weighted by Crippen LogP contribution is -2.55. The molecule has 0 atom stereocenters. The van der Waals surface area contributed by atoms with Gasteiger partial charge in [0, 0.05) is 37.4 Å². The fourth-order valence-corrected chi connectivity index (χ4v) is 5.34. The van der Waals surface area contributed by atoms with Crippen molar-refractivity contribution in [3.8, 4) is 11.3 Å². The zero-order valence-corrected chi connectivity index (χ0v) is 18.0. The molecule has 9 heteroatoms. The smallest absolute Gasteiger partial charge is 0.293 e. The first-order valence-corrected chi connectivity index (χ1v) is 11.2. The van der Waals surface area contributed by atoms with Crippen LogP contribution in [-0.4, -0.2) is 33.9 Å². The molecule has 7 nitrogen and oxygen atoms in total. The van der Waals surface area contributed by atoms with Crippen LogP contribution in [0.25, 0.3) is 11.3 Å². The molecule has 1 saturated carbocycles. The summed E-state index contributed by atoms with van der Waals surface area (Å²) in [4.78, 5) is 21.7. The van der Waals surface area contributed by atoms with Crippen molar-refractivity contribution in [1.29, 1.82) is 0 Å². The Labute approximate surface area is 177 Å². The van der Waals surface area contributed by atoms with Gasteiger partial charge in [0.25, 0.3) is 0 Å². The van der Waals surface area contributed by atoms with Crippen LogP contribution in [0.2, 0.25) is 0 Å². The lowest BCUT2D eigenvalue weighted by molar-refractivity contribution is 0.243. The first kappa shape index (κ1) is 18.7. The molecular weight excluding hydrogens is 404 g/mol. The lowest BCUT2D eigenvalue weighted by Gasteiger charge is -2.39. The second kappa shape index (κ2) is 6.86. The lowest BCUT2D eigenvalue weighted by atomic mass is 10.0. The molecule has 2 amide bonds. The van der Waals surface area contributed by atoms with Gasteiger partial charge in [-0.3, -0.25) is 19.6 Å². The number of amides is 2. The van der Waals surface area contributed by atoms with Crippen LogP contribution in [0, 0.1) is 12.3 Å². The van der Waals surface area contributed by atoms with E-state index in [0.29, 0.717) is 0 Å². The molecule has 2 N–H and O–H groups in total. The zero-order chi connectivity index (χ0) is 20.2. The van der Waals surface area contributed by atoms with Gasteiger partial charge in [-0.1, -0.05) is 23.5 Å². The molecule has 2 aliphatic rings. The molecule has 2 aromatic heterocycles. The number of carbonyl (C=O) groups excluding carboxylic acids is 1. The van der Waals surface area contributed by atoms with Crippen molar-refractivity contribution in [1.82, 2.24) is 14.8 Å². The van der Waals surface area contributed by atoms with Crippen molar-refractivity contribution in [2.45, 2.75) is 24.0 Å². The zero-order valence-electron chi connectivity index (χ0n) is 16.3.